The van der Waals surface area contributed by atoms with Crippen molar-refractivity contribution in [3.63, 3.8) is 0 Å². The number of aryl methyl sites for hydroxylation is 2. The lowest BCUT2D eigenvalue weighted by Crippen LogP contribution is -2.28. The number of halogens is 1. The van der Waals surface area contributed by atoms with Crippen LogP contribution in [0, 0.1) is 6.92 Å². The molecule has 0 spiro atoms. The Morgan fingerprint density at radius 1 is 1.09 bits per heavy atom. The van der Waals surface area contributed by atoms with Crippen molar-refractivity contribution in [3.05, 3.63) is 64.2 Å². The third-order valence-electron chi connectivity index (χ3n) is 3.72. The quantitative estimate of drug-likeness (QED) is 0.740. The molecule has 2 aromatic carbocycles. The lowest BCUT2D eigenvalue weighted by Gasteiger charge is -2.11. The number of unbranched alkanes of at least 4 members (excludes halogenated alkanes) is 1. The largest absolute Gasteiger partial charge is 0.334 e. The number of hydrogen-bond acceptors (Lipinski definition) is 1. The molecule has 0 saturated heterocycles. The van der Waals surface area contributed by atoms with Gasteiger partial charge in [-0.15, -0.1) is 0 Å². The Morgan fingerprint density at radius 2 is 1.78 bits per heavy atom. The zero-order valence-electron chi connectivity index (χ0n) is 13.7. The molecular formula is C19H23ClN2O. The van der Waals surface area contributed by atoms with Gasteiger partial charge in [0, 0.05) is 17.3 Å². The maximum absolute atomic E-state index is 12.0. The highest BCUT2D eigenvalue weighted by atomic mass is 35.5. The summed E-state index contributed by atoms with van der Waals surface area (Å²) in [5, 5.41) is 6.44. The minimum Gasteiger partial charge on any atom is -0.334 e. The number of benzene rings is 2. The van der Waals surface area contributed by atoms with Crippen LogP contribution in [0.5, 0.6) is 0 Å². The third-order valence-corrected chi connectivity index (χ3v) is 3.98. The Morgan fingerprint density at radius 3 is 2.43 bits per heavy atom. The molecule has 0 bridgehead atoms. The number of anilines is 1. The molecule has 122 valence electrons. The summed E-state index contributed by atoms with van der Waals surface area (Å²) in [4.78, 5) is 12.0. The fourth-order valence-electron chi connectivity index (χ4n) is 2.35. The van der Waals surface area contributed by atoms with Gasteiger partial charge in [0.2, 0.25) is 0 Å². The first-order chi connectivity index (χ1) is 11.1. The Hall–Kier alpha value is -2.00. The number of urea groups is 1. The molecule has 0 radical (unpaired) electrons. The van der Waals surface area contributed by atoms with Crippen LogP contribution in [0.2, 0.25) is 5.02 Å². The second kappa shape index (κ2) is 8.59. The second-order valence-electron chi connectivity index (χ2n) is 5.69. The number of rotatable bonds is 6. The molecule has 3 nitrogen and oxygen atoms in total. The molecular weight excluding hydrogens is 308 g/mol. The van der Waals surface area contributed by atoms with Crippen molar-refractivity contribution in [2.24, 2.45) is 0 Å². The number of nitrogens with one attached hydrogen (secondary N) is 2. The number of hydrogen-bond donors (Lipinski definition) is 2. The lowest BCUT2D eigenvalue weighted by atomic mass is 10.0. The fraction of sp³-hybridized carbons (Fsp3) is 0.316. The summed E-state index contributed by atoms with van der Waals surface area (Å²) in [6, 6.07) is 13.4. The van der Waals surface area contributed by atoms with Crippen LogP contribution in [0.15, 0.2) is 42.5 Å². The Kier molecular flexibility index (Phi) is 6.48. The first-order valence-corrected chi connectivity index (χ1v) is 8.35. The highest BCUT2D eigenvalue weighted by Crippen LogP contribution is 2.18. The van der Waals surface area contributed by atoms with Crippen molar-refractivity contribution in [1.82, 2.24) is 5.32 Å². The van der Waals surface area contributed by atoms with Crippen molar-refractivity contribution >= 4 is 23.3 Å². The SMILES string of the molecule is CCCCc1ccc(NC(=O)NCc2ccc(Cl)cc2)c(C)c1. The van der Waals surface area contributed by atoms with Gasteiger partial charge in [-0.2, -0.15) is 0 Å². The minimum absolute atomic E-state index is 0.204. The van der Waals surface area contributed by atoms with Crippen LogP contribution in [-0.4, -0.2) is 6.03 Å². The van der Waals surface area contributed by atoms with E-state index in [1.165, 1.54) is 18.4 Å². The van der Waals surface area contributed by atoms with Crippen molar-refractivity contribution in [2.45, 2.75) is 39.7 Å². The molecule has 0 aromatic heterocycles. The number of carbonyl (C=O) groups excluding carboxylic acids is 1. The molecule has 2 N–H and O–H groups in total. The van der Waals surface area contributed by atoms with Crippen LogP contribution in [0.25, 0.3) is 0 Å². The average molecular weight is 331 g/mol. The van der Waals surface area contributed by atoms with Gasteiger partial charge < -0.3 is 10.6 Å². The first kappa shape index (κ1) is 17.4. The Labute approximate surface area is 143 Å². The van der Waals surface area contributed by atoms with E-state index in [9.17, 15) is 4.79 Å². The Bertz CT molecular complexity index is 653. The summed E-state index contributed by atoms with van der Waals surface area (Å²) >= 11 is 5.84. The molecule has 0 unspecified atom stereocenters. The van der Waals surface area contributed by atoms with E-state index >= 15 is 0 Å². The topological polar surface area (TPSA) is 41.1 Å². The van der Waals surface area contributed by atoms with E-state index in [-0.39, 0.29) is 6.03 Å². The molecule has 23 heavy (non-hydrogen) atoms. The van der Waals surface area contributed by atoms with Gasteiger partial charge in [0.25, 0.3) is 0 Å². The van der Waals surface area contributed by atoms with E-state index in [1.807, 2.05) is 37.3 Å². The molecule has 0 aliphatic rings. The summed E-state index contributed by atoms with van der Waals surface area (Å²) in [6.07, 6.45) is 3.46. The smallest absolute Gasteiger partial charge is 0.319 e. The maximum atomic E-state index is 12.0. The summed E-state index contributed by atoms with van der Waals surface area (Å²) in [5.41, 5.74) is 4.26. The van der Waals surface area contributed by atoms with Crippen molar-refractivity contribution in [3.8, 4) is 0 Å². The molecule has 2 rings (SSSR count). The van der Waals surface area contributed by atoms with E-state index < -0.39 is 0 Å². The van der Waals surface area contributed by atoms with E-state index in [1.54, 1.807) is 0 Å². The Balaban J connectivity index is 1.88. The van der Waals surface area contributed by atoms with Crippen LogP contribution < -0.4 is 10.6 Å². The molecule has 4 heteroatoms. The normalized spacial score (nSPS) is 10.4. The van der Waals surface area contributed by atoms with Gasteiger partial charge >= 0.3 is 6.03 Å². The maximum Gasteiger partial charge on any atom is 0.319 e. The summed E-state index contributed by atoms with van der Waals surface area (Å²) in [5.74, 6) is 0. The first-order valence-electron chi connectivity index (χ1n) is 7.97. The van der Waals surface area contributed by atoms with Crippen LogP contribution in [0.4, 0.5) is 10.5 Å². The second-order valence-corrected chi connectivity index (χ2v) is 6.12. The molecule has 0 aliphatic carbocycles. The highest BCUT2D eigenvalue weighted by molar-refractivity contribution is 6.30. The van der Waals surface area contributed by atoms with Crippen molar-refractivity contribution < 1.29 is 4.79 Å². The summed E-state index contributed by atoms with van der Waals surface area (Å²) < 4.78 is 0. The van der Waals surface area contributed by atoms with Gasteiger partial charge in [-0.05, 0) is 54.7 Å². The molecule has 2 aromatic rings. The average Bonchev–Trinajstić information content (AvgIpc) is 2.54. The molecule has 0 heterocycles. The van der Waals surface area contributed by atoms with Crippen LogP contribution >= 0.6 is 11.6 Å². The monoisotopic (exact) mass is 330 g/mol. The number of carbonyl (C=O) groups is 1. The molecule has 0 saturated carbocycles. The third kappa shape index (κ3) is 5.61. The zero-order valence-corrected chi connectivity index (χ0v) is 14.4. The van der Waals surface area contributed by atoms with E-state index in [0.29, 0.717) is 11.6 Å². The molecule has 2 amide bonds. The van der Waals surface area contributed by atoms with E-state index in [2.05, 4.69) is 29.7 Å². The summed E-state index contributed by atoms with van der Waals surface area (Å²) in [7, 11) is 0. The highest BCUT2D eigenvalue weighted by Gasteiger charge is 2.05. The van der Waals surface area contributed by atoms with Crippen molar-refractivity contribution in [2.75, 3.05) is 5.32 Å². The predicted octanol–water partition coefficient (Wildman–Crippen LogP) is 5.31. The van der Waals surface area contributed by atoms with Crippen LogP contribution in [0.1, 0.15) is 36.5 Å². The van der Waals surface area contributed by atoms with Gasteiger partial charge in [-0.25, -0.2) is 4.79 Å². The summed E-state index contributed by atoms with van der Waals surface area (Å²) in [6.45, 7) is 4.68. The molecule has 0 aliphatic heterocycles. The van der Waals surface area contributed by atoms with E-state index in [4.69, 9.17) is 11.6 Å². The van der Waals surface area contributed by atoms with Gasteiger partial charge in [-0.1, -0.05) is 49.2 Å². The van der Waals surface area contributed by atoms with Crippen molar-refractivity contribution in [1.29, 1.82) is 0 Å². The van der Waals surface area contributed by atoms with Gasteiger partial charge in [-0.3, -0.25) is 0 Å². The zero-order chi connectivity index (χ0) is 16.7. The van der Waals surface area contributed by atoms with Gasteiger partial charge in [0.15, 0.2) is 0 Å². The predicted molar refractivity (Wildman–Crippen MR) is 97.1 cm³/mol. The molecule has 0 fully saturated rings. The van der Waals surface area contributed by atoms with Gasteiger partial charge in [0.05, 0.1) is 0 Å². The molecule has 0 atom stereocenters. The fourth-order valence-corrected chi connectivity index (χ4v) is 2.48. The lowest BCUT2D eigenvalue weighted by molar-refractivity contribution is 0.251. The standard InChI is InChI=1S/C19H23ClN2O/c1-3-4-5-15-8-11-18(14(2)12-15)22-19(23)21-13-16-6-9-17(20)10-7-16/h6-12H,3-5,13H2,1-2H3,(H2,21,22,23). The van der Waals surface area contributed by atoms with Gasteiger partial charge in [0.1, 0.15) is 0 Å². The van der Waals surface area contributed by atoms with Crippen LogP contribution in [0.3, 0.4) is 0 Å². The minimum atomic E-state index is -0.204. The van der Waals surface area contributed by atoms with Crippen LogP contribution in [-0.2, 0) is 13.0 Å². The van der Waals surface area contributed by atoms with E-state index in [0.717, 1.165) is 23.2 Å². The number of amides is 2.